The third kappa shape index (κ3) is 3.00. The standard InChI is InChI=1S/C19H22N4O2/c1-3-14(25)17-15(13-7-5-12(2)6-8-13)16-18(20)21-11-22-19(16)23(17)9-4-10-24/h5-8,11,24H,3-4,9-10H2,1-2H3,(H2,20,21,22). The summed E-state index contributed by atoms with van der Waals surface area (Å²) in [5.41, 5.74) is 10.2. The van der Waals surface area contributed by atoms with Crippen molar-refractivity contribution in [3.05, 3.63) is 41.9 Å². The minimum Gasteiger partial charge on any atom is -0.396 e. The number of carbonyl (C=O) groups is 1. The van der Waals surface area contributed by atoms with Gasteiger partial charge in [0.25, 0.3) is 0 Å². The van der Waals surface area contributed by atoms with Crippen molar-refractivity contribution in [2.45, 2.75) is 33.2 Å². The van der Waals surface area contributed by atoms with Gasteiger partial charge in [0.1, 0.15) is 17.8 Å². The van der Waals surface area contributed by atoms with Crippen molar-refractivity contribution in [2.24, 2.45) is 0 Å². The van der Waals surface area contributed by atoms with Gasteiger partial charge >= 0.3 is 0 Å². The monoisotopic (exact) mass is 338 g/mol. The molecule has 2 aromatic heterocycles. The van der Waals surface area contributed by atoms with Crippen LogP contribution in [-0.2, 0) is 6.54 Å². The summed E-state index contributed by atoms with van der Waals surface area (Å²) >= 11 is 0. The normalized spacial score (nSPS) is 11.2. The van der Waals surface area contributed by atoms with Crippen molar-refractivity contribution < 1.29 is 9.90 Å². The summed E-state index contributed by atoms with van der Waals surface area (Å²) in [6.07, 6.45) is 2.32. The smallest absolute Gasteiger partial charge is 0.179 e. The zero-order valence-corrected chi connectivity index (χ0v) is 14.5. The molecule has 3 aromatic rings. The second kappa shape index (κ2) is 7.03. The number of rotatable bonds is 6. The van der Waals surface area contributed by atoms with E-state index in [1.54, 1.807) is 0 Å². The van der Waals surface area contributed by atoms with Crippen LogP contribution in [0.5, 0.6) is 0 Å². The number of carbonyl (C=O) groups excluding carboxylic acids is 1. The number of aliphatic hydroxyl groups excluding tert-OH is 1. The lowest BCUT2D eigenvalue weighted by Crippen LogP contribution is -2.11. The number of aryl methyl sites for hydroxylation is 2. The van der Waals surface area contributed by atoms with Crippen LogP contribution in [0.4, 0.5) is 5.82 Å². The molecule has 0 saturated heterocycles. The van der Waals surface area contributed by atoms with Gasteiger partial charge in [0.15, 0.2) is 5.78 Å². The highest BCUT2D eigenvalue weighted by atomic mass is 16.3. The Bertz CT molecular complexity index is 913. The molecule has 0 bridgehead atoms. The third-order valence-corrected chi connectivity index (χ3v) is 4.33. The third-order valence-electron chi connectivity index (χ3n) is 4.33. The molecule has 6 heteroatoms. The Balaban J connectivity index is 2.39. The van der Waals surface area contributed by atoms with Crippen molar-refractivity contribution in [3.8, 4) is 11.1 Å². The summed E-state index contributed by atoms with van der Waals surface area (Å²) in [6.45, 7) is 4.39. The highest BCUT2D eigenvalue weighted by Crippen LogP contribution is 2.37. The Morgan fingerprint density at radius 3 is 2.60 bits per heavy atom. The van der Waals surface area contributed by atoms with E-state index >= 15 is 0 Å². The van der Waals surface area contributed by atoms with Crippen LogP contribution in [0.25, 0.3) is 22.2 Å². The molecule has 25 heavy (non-hydrogen) atoms. The van der Waals surface area contributed by atoms with Crippen LogP contribution >= 0.6 is 0 Å². The zero-order valence-electron chi connectivity index (χ0n) is 14.5. The fourth-order valence-electron chi connectivity index (χ4n) is 3.10. The highest BCUT2D eigenvalue weighted by Gasteiger charge is 2.25. The maximum atomic E-state index is 12.8. The van der Waals surface area contributed by atoms with E-state index in [1.165, 1.54) is 6.33 Å². The first-order valence-electron chi connectivity index (χ1n) is 8.42. The van der Waals surface area contributed by atoms with Gasteiger partial charge in [0.05, 0.1) is 11.1 Å². The Morgan fingerprint density at radius 2 is 1.96 bits per heavy atom. The van der Waals surface area contributed by atoms with Crippen LogP contribution in [0.3, 0.4) is 0 Å². The molecular formula is C19H22N4O2. The van der Waals surface area contributed by atoms with E-state index in [9.17, 15) is 9.90 Å². The van der Waals surface area contributed by atoms with Gasteiger partial charge in [-0.05, 0) is 18.9 Å². The lowest BCUT2D eigenvalue weighted by Gasteiger charge is -2.10. The predicted molar refractivity (Wildman–Crippen MR) is 98.4 cm³/mol. The number of anilines is 1. The number of fused-ring (bicyclic) bond motifs is 1. The maximum absolute atomic E-state index is 12.8. The average Bonchev–Trinajstić information content (AvgIpc) is 2.95. The topological polar surface area (TPSA) is 94.0 Å². The number of benzene rings is 1. The fourth-order valence-corrected chi connectivity index (χ4v) is 3.10. The largest absolute Gasteiger partial charge is 0.396 e. The number of nitrogen functional groups attached to an aromatic ring is 1. The van der Waals surface area contributed by atoms with E-state index < -0.39 is 0 Å². The molecule has 0 aliphatic heterocycles. The number of ketones is 1. The molecule has 0 spiro atoms. The Kier molecular flexibility index (Phi) is 4.81. The second-order valence-electron chi connectivity index (χ2n) is 6.05. The molecule has 0 saturated carbocycles. The molecule has 130 valence electrons. The van der Waals surface area contributed by atoms with Gasteiger partial charge < -0.3 is 15.4 Å². The summed E-state index contributed by atoms with van der Waals surface area (Å²) in [6, 6.07) is 7.98. The SMILES string of the molecule is CCC(=O)c1c(-c2ccc(C)cc2)c2c(N)ncnc2n1CCCO. The summed E-state index contributed by atoms with van der Waals surface area (Å²) < 4.78 is 1.87. The molecule has 0 radical (unpaired) electrons. The molecule has 0 fully saturated rings. The number of Topliss-reactive ketones (excluding diaryl/α,β-unsaturated/α-hetero) is 1. The van der Waals surface area contributed by atoms with Crippen LogP contribution in [0.1, 0.15) is 35.8 Å². The van der Waals surface area contributed by atoms with Gasteiger partial charge in [-0.2, -0.15) is 0 Å². The first-order valence-corrected chi connectivity index (χ1v) is 8.42. The summed E-state index contributed by atoms with van der Waals surface area (Å²) in [7, 11) is 0. The van der Waals surface area contributed by atoms with Crippen molar-refractivity contribution in [3.63, 3.8) is 0 Å². The minimum atomic E-state index is 0.0194. The molecule has 3 rings (SSSR count). The van der Waals surface area contributed by atoms with Gasteiger partial charge in [-0.3, -0.25) is 4.79 Å². The number of hydrogen-bond donors (Lipinski definition) is 2. The fraction of sp³-hybridized carbons (Fsp3) is 0.316. The van der Waals surface area contributed by atoms with E-state index in [2.05, 4.69) is 9.97 Å². The molecule has 3 N–H and O–H groups in total. The van der Waals surface area contributed by atoms with Crippen molar-refractivity contribution in [1.82, 2.24) is 14.5 Å². The minimum absolute atomic E-state index is 0.0194. The van der Waals surface area contributed by atoms with Gasteiger partial charge in [-0.1, -0.05) is 36.8 Å². The highest BCUT2D eigenvalue weighted by molar-refractivity contribution is 6.12. The Hall–Kier alpha value is -2.73. The molecule has 0 amide bonds. The van der Waals surface area contributed by atoms with E-state index in [1.807, 2.05) is 42.7 Å². The van der Waals surface area contributed by atoms with Gasteiger partial charge in [-0.25, -0.2) is 9.97 Å². The van der Waals surface area contributed by atoms with Crippen molar-refractivity contribution in [1.29, 1.82) is 0 Å². The number of aromatic nitrogens is 3. The summed E-state index contributed by atoms with van der Waals surface area (Å²) in [5.74, 6) is 0.374. The van der Waals surface area contributed by atoms with Crippen LogP contribution < -0.4 is 5.73 Å². The first kappa shape index (κ1) is 17.1. The van der Waals surface area contributed by atoms with E-state index in [0.717, 1.165) is 16.7 Å². The number of aliphatic hydroxyl groups is 1. The molecule has 0 aliphatic rings. The Labute approximate surface area is 146 Å². The van der Waals surface area contributed by atoms with Gasteiger partial charge in [0, 0.05) is 25.1 Å². The lowest BCUT2D eigenvalue weighted by atomic mass is 9.99. The number of nitrogens with zero attached hydrogens (tertiary/aromatic N) is 3. The van der Waals surface area contributed by atoms with Crippen molar-refractivity contribution >= 4 is 22.6 Å². The summed E-state index contributed by atoms with van der Waals surface area (Å²) in [5, 5.41) is 9.94. The molecule has 1 aromatic carbocycles. The van der Waals surface area contributed by atoms with Crippen LogP contribution in [-0.4, -0.2) is 32.0 Å². The Morgan fingerprint density at radius 1 is 1.24 bits per heavy atom. The molecule has 6 nitrogen and oxygen atoms in total. The van der Waals surface area contributed by atoms with Crippen LogP contribution in [0, 0.1) is 6.92 Å². The van der Waals surface area contributed by atoms with E-state index in [-0.39, 0.29) is 12.4 Å². The van der Waals surface area contributed by atoms with Crippen LogP contribution in [0.2, 0.25) is 0 Å². The summed E-state index contributed by atoms with van der Waals surface area (Å²) in [4.78, 5) is 21.3. The van der Waals surface area contributed by atoms with E-state index in [4.69, 9.17) is 5.73 Å². The maximum Gasteiger partial charge on any atom is 0.179 e. The van der Waals surface area contributed by atoms with Gasteiger partial charge in [-0.15, -0.1) is 0 Å². The van der Waals surface area contributed by atoms with Gasteiger partial charge in [0.2, 0.25) is 0 Å². The molecule has 0 unspecified atom stereocenters. The average molecular weight is 338 g/mol. The molecular weight excluding hydrogens is 316 g/mol. The zero-order chi connectivity index (χ0) is 18.0. The first-order chi connectivity index (χ1) is 12.1. The van der Waals surface area contributed by atoms with E-state index in [0.29, 0.717) is 41.9 Å². The molecule has 0 aliphatic carbocycles. The number of hydrogen-bond acceptors (Lipinski definition) is 5. The second-order valence-corrected chi connectivity index (χ2v) is 6.05. The number of nitrogens with two attached hydrogens (primary N) is 1. The van der Waals surface area contributed by atoms with Crippen LogP contribution in [0.15, 0.2) is 30.6 Å². The molecule has 2 heterocycles. The molecule has 0 atom stereocenters. The quantitative estimate of drug-likeness (QED) is 0.674. The van der Waals surface area contributed by atoms with Crippen molar-refractivity contribution in [2.75, 3.05) is 12.3 Å². The lowest BCUT2D eigenvalue weighted by molar-refractivity contribution is 0.0979. The predicted octanol–water partition coefficient (Wildman–Crippen LogP) is 2.96.